The molecule has 2 aromatic rings. The second kappa shape index (κ2) is 4.40. The molecule has 0 aliphatic carbocycles. The van der Waals surface area contributed by atoms with Crippen molar-refractivity contribution in [2.24, 2.45) is 0 Å². The summed E-state index contributed by atoms with van der Waals surface area (Å²) in [5, 5.41) is 5.46. The molecule has 0 aromatic carbocycles. The van der Waals surface area contributed by atoms with Crippen molar-refractivity contribution in [2.45, 2.75) is 25.5 Å². The highest BCUT2D eigenvalue weighted by atomic mass is 35.5. The summed E-state index contributed by atoms with van der Waals surface area (Å²) in [6.45, 7) is 0.765. The van der Waals surface area contributed by atoms with Gasteiger partial charge in [-0.2, -0.15) is 4.98 Å². The van der Waals surface area contributed by atoms with E-state index in [9.17, 15) is 0 Å². The minimum Gasteiger partial charge on any atom is -0.357 e. The first-order chi connectivity index (χ1) is 8.24. The highest BCUT2D eigenvalue weighted by Crippen LogP contribution is 2.26. The maximum absolute atomic E-state index is 5.98. The first kappa shape index (κ1) is 11.2. The minimum atomic E-state index is -0.0345. The van der Waals surface area contributed by atoms with Crippen molar-refractivity contribution < 1.29 is 4.74 Å². The van der Waals surface area contributed by atoms with Crippen LogP contribution < -0.4 is 0 Å². The highest BCUT2D eigenvalue weighted by molar-refractivity contribution is 6.35. The molecule has 0 saturated carbocycles. The lowest BCUT2D eigenvalue weighted by molar-refractivity contribution is -0.0391. The molecule has 1 unspecified atom stereocenters. The Morgan fingerprint density at radius 3 is 2.94 bits per heavy atom. The molecule has 2 aromatic heterocycles. The van der Waals surface area contributed by atoms with Crippen LogP contribution >= 0.6 is 23.2 Å². The quantitative estimate of drug-likeness (QED) is 0.592. The number of hydrogen-bond donors (Lipinski definition) is 0. The average Bonchev–Trinajstić information content (AvgIpc) is 2.74. The van der Waals surface area contributed by atoms with Crippen LogP contribution in [0.15, 0.2) is 6.20 Å². The van der Waals surface area contributed by atoms with E-state index in [4.69, 9.17) is 27.9 Å². The first-order valence-electron chi connectivity index (χ1n) is 5.43. The largest absolute Gasteiger partial charge is 0.357 e. The Kier molecular flexibility index (Phi) is 2.90. The van der Waals surface area contributed by atoms with Gasteiger partial charge < -0.3 is 4.74 Å². The molecule has 5 nitrogen and oxygen atoms in total. The molecule has 0 amide bonds. The molecule has 1 fully saturated rings. The molecule has 1 aliphatic heterocycles. The van der Waals surface area contributed by atoms with Crippen LogP contribution in [0.4, 0.5) is 0 Å². The summed E-state index contributed by atoms with van der Waals surface area (Å²) in [6.07, 6.45) is 4.97. The Hall–Kier alpha value is -0.910. The van der Waals surface area contributed by atoms with Crippen LogP contribution in [-0.2, 0) is 4.74 Å². The van der Waals surface area contributed by atoms with Gasteiger partial charge >= 0.3 is 0 Å². The lowest BCUT2D eigenvalue weighted by Gasteiger charge is -2.22. The van der Waals surface area contributed by atoms with Crippen molar-refractivity contribution in [3.8, 4) is 0 Å². The van der Waals surface area contributed by atoms with Crippen LogP contribution in [0.25, 0.3) is 11.0 Å². The zero-order valence-electron chi connectivity index (χ0n) is 8.94. The summed E-state index contributed by atoms with van der Waals surface area (Å²) in [5.41, 5.74) is 0.504. The third kappa shape index (κ3) is 2.10. The third-order valence-electron chi connectivity index (χ3n) is 2.77. The van der Waals surface area contributed by atoms with Crippen LogP contribution in [0, 0.1) is 0 Å². The number of fused-ring (bicyclic) bond motifs is 1. The number of aromatic nitrogens is 4. The van der Waals surface area contributed by atoms with Crippen molar-refractivity contribution >= 4 is 34.2 Å². The van der Waals surface area contributed by atoms with Crippen molar-refractivity contribution in [2.75, 3.05) is 6.61 Å². The molecular formula is C10H10Cl2N4O. The molecule has 17 heavy (non-hydrogen) atoms. The van der Waals surface area contributed by atoms with Crippen molar-refractivity contribution in [1.82, 2.24) is 19.7 Å². The maximum Gasteiger partial charge on any atom is 0.225 e. The SMILES string of the molecule is Clc1nc(Cl)c2cn(C3CCCCO3)nc2n1. The molecule has 1 saturated heterocycles. The fraction of sp³-hybridized carbons (Fsp3) is 0.500. The molecule has 3 rings (SSSR count). The standard InChI is InChI=1S/C10H10Cl2N4O/c11-8-6-5-16(7-3-1-2-4-17-7)15-9(6)14-10(12)13-8/h5,7H,1-4H2. The van der Waals surface area contributed by atoms with Crippen LogP contribution in [0.3, 0.4) is 0 Å². The fourth-order valence-corrected chi connectivity index (χ4v) is 2.36. The molecule has 7 heteroatoms. The lowest BCUT2D eigenvalue weighted by Crippen LogP contribution is -2.18. The highest BCUT2D eigenvalue weighted by Gasteiger charge is 2.18. The monoisotopic (exact) mass is 272 g/mol. The Morgan fingerprint density at radius 1 is 1.29 bits per heavy atom. The average molecular weight is 273 g/mol. The van der Waals surface area contributed by atoms with E-state index in [2.05, 4.69) is 15.1 Å². The summed E-state index contributed by atoms with van der Waals surface area (Å²) in [4.78, 5) is 7.92. The zero-order chi connectivity index (χ0) is 11.8. The van der Waals surface area contributed by atoms with Crippen LogP contribution in [0.2, 0.25) is 10.4 Å². The van der Waals surface area contributed by atoms with Gasteiger partial charge in [0.2, 0.25) is 5.28 Å². The van der Waals surface area contributed by atoms with Gasteiger partial charge in [-0.25, -0.2) is 9.67 Å². The van der Waals surface area contributed by atoms with Crippen molar-refractivity contribution in [1.29, 1.82) is 0 Å². The van der Waals surface area contributed by atoms with Crippen molar-refractivity contribution in [3.63, 3.8) is 0 Å². The van der Waals surface area contributed by atoms with E-state index < -0.39 is 0 Å². The lowest BCUT2D eigenvalue weighted by atomic mass is 10.2. The van der Waals surface area contributed by atoms with E-state index in [1.54, 1.807) is 4.68 Å². The second-order valence-electron chi connectivity index (χ2n) is 3.95. The van der Waals surface area contributed by atoms with Crippen LogP contribution in [-0.4, -0.2) is 26.4 Å². The van der Waals surface area contributed by atoms with Gasteiger partial charge in [-0.1, -0.05) is 11.6 Å². The van der Waals surface area contributed by atoms with Crippen LogP contribution in [0.1, 0.15) is 25.5 Å². The van der Waals surface area contributed by atoms with E-state index in [1.165, 1.54) is 0 Å². The summed E-state index contributed by atoms with van der Waals surface area (Å²) in [5.74, 6) is 0. The summed E-state index contributed by atoms with van der Waals surface area (Å²) in [7, 11) is 0. The third-order valence-corrected chi connectivity index (χ3v) is 3.23. The molecule has 0 radical (unpaired) electrons. The molecule has 90 valence electrons. The summed E-state index contributed by atoms with van der Waals surface area (Å²) >= 11 is 11.7. The second-order valence-corrected chi connectivity index (χ2v) is 4.65. The van der Waals surface area contributed by atoms with Gasteiger partial charge in [0.1, 0.15) is 11.4 Å². The Bertz CT molecular complexity index is 550. The number of hydrogen-bond acceptors (Lipinski definition) is 4. The van der Waals surface area contributed by atoms with Gasteiger partial charge in [-0.15, -0.1) is 5.10 Å². The predicted octanol–water partition coefficient (Wildman–Crippen LogP) is 2.83. The molecule has 0 bridgehead atoms. The smallest absolute Gasteiger partial charge is 0.225 e. The number of rotatable bonds is 1. The predicted molar refractivity (Wildman–Crippen MR) is 64.2 cm³/mol. The first-order valence-corrected chi connectivity index (χ1v) is 6.19. The van der Waals surface area contributed by atoms with Gasteiger partial charge in [0.05, 0.1) is 5.39 Å². The van der Waals surface area contributed by atoms with E-state index >= 15 is 0 Å². The fourth-order valence-electron chi connectivity index (χ4n) is 1.94. The molecule has 1 aliphatic rings. The van der Waals surface area contributed by atoms with E-state index in [1.807, 2.05) is 6.20 Å². The number of halogens is 2. The topological polar surface area (TPSA) is 52.8 Å². The molecular weight excluding hydrogens is 263 g/mol. The number of ether oxygens (including phenoxy) is 1. The van der Waals surface area contributed by atoms with E-state index in [0.717, 1.165) is 25.9 Å². The van der Waals surface area contributed by atoms with Gasteiger partial charge in [0.25, 0.3) is 0 Å². The zero-order valence-corrected chi connectivity index (χ0v) is 10.4. The minimum absolute atomic E-state index is 0.0345. The Labute approximate surface area is 108 Å². The molecule has 1 atom stereocenters. The van der Waals surface area contributed by atoms with Gasteiger partial charge in [0, 0.05) is 12.8 Å². The van der Waals surface area contributed by atoms with Crippen LogP contribution in [0.5, 0.6) is 0 Å². The van der Waals surface area contributed by atoms with Gasteiger partial charge in [-0.05, 0) is 30.9 Å². The summed E-state index contributed by atoms with van der Waals surface area (Å²) < 4.78 is 7.39. The van der Waals surface area contributed by atoms with Gasteiger partial charge in [0.15, 0.2) is 5.65 Å². The molecule has 0 N–H and O–H groups in total. The number of nitrogens with zero attached hydrogens (tertiary/aromatic N) is 4. The molecule has 3 heterocycles. The Morgan fingerprint density at radius 2 is 2.18 bits per heavy atom. The normalized spacial score (nSPS) is 20.9. The molecule has 0 spiro atoms. The van der Waals surface area contributed by atoms with Crippen molar-refractivity contribution in [3.05, 3.63) is 16.6 Å². The maximum atomic E-state index is 5.98. The Balaban J connectivity index is 2.03. The van der Waals surface area contributed by atoms with E-state index in [0.29, 0.717) is 16.2 Å². The summed E-state index contributed by atoms with van der Waals surface area (Å²) in [6, 6.07) is 0. The van der Waals surface area contributed by atoms with Gasteiger partial charge in [-0.3, -0.25) is 0 Å². The van der Waals surface area contributed by atoms with E-state index in [-0.39, 0.29) is 11.5 Å².